The minimum absolute atomic E-state index is 0.00227. The van der Waals surface area contributed by atoms with Gasteiger partial charge in [0.2, 0.25) is 0 Å². The Morgan fingerprint density at radius 3 is 2.64 bits per heavy atom. The molecule has 3 atom stereocenters. The van der Waals surface area contributed by atoms with E-state index in [-0.39, 0.29) is 5.92 Å². The van der Waals surface area contributed by atoms with Gasteiger partial charge in [-0.25, -0.2) is 13.6 Å². The Labute approximate surface area is 142 Å². The van der Waals surface area contributed by atoms with Crippen LogP contribution in [0.3, 0.4) is 0 Å². The van der Waals surface area contributed by atoms with Crippen molar-refractivity contribution in [3.63, 3.8) is 0 Å². The molecule has 1 aromatic heterocycles. The molecular formula is C18H19F2N3O2. The lowest BCUT2D eigenvalue weighted by atomic mass is 10.1. The quantitative estimate of drug-likeness (QED) is 0.888. The molecule has 2 aliphatic rings. The van der Waals surface area contributed by atoms with Crippen LogP contribution in [0.2, 0.25) is 0 Å². The van der Waals surface area contributed by atoms with E-state index in [9.17, 15) is 18.4 Å². The van der Waals surface area contributed by atoms with Crippen LogP contribution in [0.1, 0.15) is 29.5 Å². The molecule has 0 amide bonds. The molecule has 7 heteroatoms. The zero-order chi connectivity index (χ0) is 17.6. The van der Waals surface area contributed by atoms with Crippen LogP contribution in [0.4, 0.5) is 8.78 Å². The van der Waals surface area contributed by atoms with Crippen molar-refractivity contribution < 1.29 is 8.78 Å². The maximum absolute atomic E-state index is 14.2. The van der Waals surface area contributed by atoms with Gasteiger partial charge in [0.05, 0.1) is 5.92 Å². The molecule has 1 aliphatic heterocycles. The number of nitrogens with zero attached hydrogens (tertiary/aromatic N) is 1. The minimum atomic E-state index is -2.67. The van der Waals surface area contributed by atoms with E-state index in [4.69, 9.17) is 0 Å². The third-order valence-electron chi connectivity index (χ3n) is 5.31. The first-order valence-corrected chi connectivity index (χ1v) is 8.44. The van der Waals surface area contributed by atoms with Gasteiger partial charge in [0.1, 0.15) is 0 Å². The van der Waals surface area contributed by atoms with Gasteiger partial charge in [-0.3, -0.25) is 9.78 Å². The normalized spacial score (nSPS) is 28.2. The molecule has 0 radical (unpaired) electrons. The van der Waals surface area contributed by atoms with Gasteiger partial charge in [-0.1, -0.05) is 30.3 Å². The van der Waals surface area contributed by atoms with E-state index in [0.717, 1.165) is 6.42 Å². The molecule has 132 valence electrons. The number of H-pyrrole nitrogens is 2. The highest BCUT2D eigenvalue weighted by atomic mass is 19.3. The third kappa shape index (κ3) is 3.04. The van der Waals surface area contributed by atoms with Crippen LogP contribution in [-0.4, -0.2) is 40.4 Å². The monoisotopic (exact) mass is 347 g/mol. The largest absolute Gasteiger partial charge is 0.325 e. The number of alkyl halides is 2. The molecule has 5 nitrogen and oxygen atoms in total. The van der Waals surface area contributed by atoms with Crippen LogP contribution in [0.25, 0.3) is 0 Å². The van der Waals surface area contributed by atoms with Gasteiger partial charge >= 0.3 is 5.69 Å². The molecule has 1 unspecified atom stereocenters. The fraction of sp³-hybridized carbons (Fsp3) is 0.444. The fourth-order valence-electron chi connectivity index (χ4n) is 3.97. The van der Waals surface area contributed by atoms with Crippen molar-refractivity contribution in [1.29, 1.82) is 0 Å². The van der Waals surface area contributed by atoms with Crippen LogP contribution < -0.4 is 11.2 Å². The summed E-state index contributed by atoms with van der Waals surface area (Å²) in [5, 5.41) is 0. The fourth-order valence-corrected chi connectivity index (χ4v) is 3.97. The van der Waals surface area contributed by atoms with E-state index >= 15 is 0 Å². The summed E-state index contributed by atoms with van der Waals surface area (Å²) >= 11 is 0. The molecule has 25 heavy (non-hydrogen) atoms. The molecule has 4 rings (SSSR count). The average Bonchev–Trinajstić information content (AvgIpc) is 2.92. The van der Waals surface area contributed by atoms with E-state index in [2.05, 4.69) is 9.97 Å². The minimum Gasteiger partial charge on any atom is -0.311 e. The number of hydrogen-bond acceptors (Lipinski definition) is 3. The molecule has 2 heterocycles. The van der Waals surface area contributed by atoms with Gasteiger partial charge < -0.3 is 9.88 Å². The molecule has 1 aromatic carbocycles. The highest BCUT2D eigenvalue weighted by Crippen LogP contribution is 2.61. The summed E-state index contributed by atoms with van der Waals surface area (Å²) in [6.07, 6.45) is 0.744. The zero-order valence-electron chi connectivity index (χ0n) is 13.5. The van der Waals surface area contributed by atoms with E-state index in [1.54, 1.807) is 24.3 Å². The molecule has 1 aliphatic carbocycles. The predicted octanol–water partition coefficient (Wildman–Crippen LogP) is 1.90. The van der Waals surface area contributed by atoms with Crippen molar-refractivity contribution in [2.45, 2.75) is 24.2 Å². The third-order valence-corrected chi connectivity index (χ3v) is 5.31. The Balaban J connectivity index is 1.43. The summed E-state index contributed by atoms with van der Waals surface area (Å²) in [4.78, 5) is 29.6. The van der Waals surface area contributed by atoms with Crippen molar-refractivity contribution >= 4 is 0 Å². The second-order valence-electron chi connectivity index (χ2n) is 6.96. The maximum atomic E-state index is 14.2. The summed E-state index contributed by atoms with van der Waals surface area (Å²) in [6, 6.07) is 10.3. The van der Waals surface area contributed by atoms with E-state index in [0.29, 0.717) is 30.9 Å². The highest BCUT2D eigenvalue weighted by molar-refractivity contribution is 5.32. The van der Waals surface area contributed by atoms with Gasteiger partial charge in [-0.05, 0) is 18.5 Å². The smallest absolute Gasteiger partial charge is 0.311 e. The number of halogens is 2. The Bertz CT molecular complexity index is 849. The van der Waals surface area contributed by atoms with Crippen LogP contribution in [0.15, 0.2) is 46.0 Å². The lowest BCUT2D eigenvalue weighted by Crippen LogP contribution is -2.27. The summed E-state index contributed by atoms with van der Waals surface area (Å²) < 4.78 is 28.4. The number of aromatic nitrogens is 2. The molecule has 2 fully saturated rings. The SMILES string of the molecule is O=c1cc(C2CCN(C[C@H]3[C@H](c4ccccc4)C3(F)F)C2)[nH]c(=O)[nH]1. The first-order valence-electron chi connectivity index (χ1n) is 8.44. The highest BCUT2D eigenvalue weighted by Gasteiger charge is 2.68. The van der Waals surface area contributed by atoms with Gasteiger partial charge in [0.25, 0.3) is 11.5 Å². The van der Waals surface area contributed by atoms with Gasteiger partial charge in [0, 0.05) is 36.7 Å². The number of rotatable bonds is 4. The van der Waals surface area contributed by atoms with E-state index < -0.39 is 29.0 Å². The van der Waals surface area contributed by atoms with Crippen molar-refractivity contribution in [1.82, 2.24) is 14.9 Å². The number of nitrogens with one attached hydrogen (secondary N) is 2. The summed E-state index contributed by atoms with van der Waals surface area (Å²) in [5.74, 6) is -4.06. The van der Waals surface area contributed by atoms with Crippen molar-refractivity contribution in [2.24, 2.45) is 5.92 Å². The van der Waals surface area contributed by atoms with Crippen molar-refractivity contribution in [2.75, 3.05) is 19.6 Å². The lowest BCUT2D eigenvalue weighted by molar-refractivity contribution is 0.0853. The van der Waals surface area contributed by atoms with Crippen molar-refractivity contribution in [3.05, 3.63) is 68.5 Å². The summed E-state index contributed by atoms with van der Waals surface area (Å²) in [7, 11) is 0. The van der Waals surface area contributed by atoms with E-state index in [1.165, 1.54) is 6.07 Å². The van der Waals surface area contributed by atoms with Gasteiger partial charge in [-0.2, -0.15) is 0 Å². The number of benzene rings is 1. The van der Waals surface area contributed by atoms with Crippen LogP contribution in [0.5, 0.6) is 0 Å². The van der Waals surface area contributed by atoms with Crippen LogP contribution in [0, 0.1) is 5.92 Å². The molecule has 0 spiro atoms. The van der Waals surface area contributed by atoms with Gasteiger partial charge in [0.15, 0.2) is 0 Å². The Morgan fingerprint density at radius 2 is 1.92 bits per heavy atom. The first kappa shape index (κ1) is 16.2. The first-order chi connectivity index (χ1) is 11.9. The molecule has 1 saturated heterocycles. The Hall–Kier alpha value is -2.28. The Kier molecular flexibility index (Phi) is 3.83. The molecular weight excluding hydrogens is 328 g/mol. The topological polar surface area (TPSA) is 69.0 Å². The predicted molar refractivity (Wildman–Crippen MR) is 89.1 cm³/mol. The summed E-state index contributed by atoms with van der Waals surface area (Å²) in [5.41, 5.74) is 0.305. The number of likely N-dealkylation sites (tertiary alicyclic amines) is 1. The lowest BCUT2D eigenvalue weighted by Gasteiger charge is -2.15. The van der Waals surface area contributed by atoms with Crippen LogP contribution >= 0.6 is 0 Å². The summed E-state index contributed by atoms with van der Waals surface area (Å²) in [6.45, 7) is 1.59. The van der Waals surface area contributed by atoms with Crippen molar-refractivity contribution in [3.8, 4) is 0 Å². The number of hydrogen-bond donors (Lipinski definition) is 2. The maximum Gasteiger partial charge on any atom is 0.325 e. The standard InChI is InChI=1S/C18H19F2N3O2/c19-18(20)13(16(18)11-4-2-1-3-5-11)10-23-7-6-12(9-23)14-8-15(24)22-17(25)21-14/h1-5,8,12-13,16H,6-7,9-10H2,(H2,21,22,24,25)/t12?,13-,16-/m0/s1. The van der Waals surface area contributed by atoms with Crippen LogP contribution in [-0.2, 0) is 0 Å². The second-order valence-corrected chi connectivity index (χ2v) is 6.96. The second kappa shape index (κ2) is 5.91. The number of aromatic amines is 2. The molecule has 2 N–H and O–H groups in total. The molecule has 1 saturated carbocycles. The van der Waals surface area contributed by atoms with Gasteiger partial charge in [-0.15, -0.1) is 0 Å². The average molecular weight is 347 g/mol. The molecule has 0 bridgehead atoms. The zero-order valence-corrected chi connectivity index (χ0v) is 13.5. The van der Waals surface area contributed by atoms with E-state index in [1.807, 2.05) is 11.0 Å². The Morgan fingerprint density at radius 1 is 1.16 bits per heavy atom. The molecule has 2 aromatic rings.